The minimum Gasteiger partial charge on any atom is -0.504 e. The van der Waals surface area contributed by atoms with E-state index in [0.717, 1.165) is 40.8 Å². The van der Waals surface area contributed by atoms with Crippen molar-refractivity contribution < 1.29 is 9.84 Å². The second-order valence-electron chi connectivity index (χ2n) is 6.46. The first kappa shape index (κ1) is 16.9. The molecule has 2 aromatic carbocycles. The molecule has 0 saturated heterocycles. The molecule has 0 fully saturated rings. The number of nitriles is 1. The lowest BCUT2D eigenvalue weighted by molar-refractivity contribution is 0.318. The molecule has 4 rings (SSSR count). The van der Waals surface area contributed by atoms with Crippen LogP contribution in [0.2, 0.25) is 0 Å². The molecule has 0 unspecified atom stereocenters. The van der Waals surface area contributed by atoms with Gasteiger partial charge in [-0.05, 0) is 48.6 Å². The summed E-state index contributed by atoms with van der Waals surface area (Å²) >= 11 is 0. The average molecular weight is 357 g/mol. The van der Waals surface area contributed by atoms with Gasteiger partial charge in [0.15, 0.2) is 11.5 Å². The maximum atomic E-state index is 10.0. The summed E-state index contributed by atoms with van der Waals surface area (Å²) in [4.78, 5) is 4.56. The molecule has 134 valence electrons. The van der Waals surface area contributed by atoms with Crippen LogP contribution >= 0.6 is 0 Å². The normalized spacial score (nSPS) is 12.0. The highest BCUT2D eigenvalue weighted by Gasteiger charge is 2.25. The lowest BCUT2D eigenvalue weighted by Gasteiger charge is -2.23. The van der Waals surface area contributed by atoms with Crippen molar-refractivity contribution >= 4 is 5.82 Å². The second-order valence-corrected chi connectivity index (χ2v) is 6.46. The first-order chi connectivity index (χ1) is 13.1. The fraction of sp³-hybridized carbons (Fsp3) is 0.182. The van der Waals surface area contributed by atoms with E-state index < -0.39 is 0 Å². The number of rotatable bonds is 3. The summed E-state index contributed by atoms with van der Waals surface area (Å²) in [5.41, 5.74) is 12.2. The van der Waals surface area contributed by atoms with Gasteiger partial charge in [-0.3, -0.25) is 0 Å². The van der Waals surface area contributed by atoms with Gasteiger partial charge in [0, 0.05) is 11.1 Å². The van der Waals surface area contributed by atoms with E-state index in [1.807, 2.05) is 25.1 Å². The van der Waals surface area contributed by atoms with Gasteiger partial charge in [-0.2, -0.15) is 5.26 Å². The molecule has 0 saturated carbocycles. The maximum absolute atomic E-state index is 10.0. The molecule has 0 atom stereocenters. The fourth-order valence-corrected chi connectivity index (χ4v) is 3.71. The molecule has 5 nitrogen and oxygen atoms in total. The number of aromatic nitrogens is 1. The second kappa shape index (κ2) is 6.65. The van der Waals surface area contributed by atoms with Crippen molar-refractivity contribution in [2.24, 2.45) is 0 Å². The number of aryl methyl sites for hydroxylation is 1. The van der Waals surface area contributed by atoms with Gasteiger partial charge in [0.05, 0.1) is 12.3 Å². The molecular weight excluding hydrogens is 338 g/mol. The van der Waals surface area contributed by atoms with Crippen LogP contribution in [0.4, 0.5) is 5.82 Å². The average Bonchev–Trinajstić information content (AvgIpc) is 2.69. The van der Waals surface area contributed by atoms with E-state index in [-0.39, 0.29) is 11.6 Å². The van der Waals surface area contributed by atoms with Crippen molar-refractivity contribution in [2.75, 3.05) is 12.3 Å². The van der Waals surface area contributed by atoms with Gasteiger partial charge in [0.1, 0.15) is 17.5 Å². The SMILES string of the molecule is CCOc1cc(-c2c(C#N)c(N)nc3c2CCc2ccccc2-3)ccc1O. The molecule has 1 heterocycles. The van der Waals surface area contributed by atoms with Gasteiger partial charge < -0.3 is 15.6 Å². The van der Waals surface area contributed by atoms with Gasteiger partial charge in [0.25, 0.3) is 0 Å². The standard InChI is InChI=1S/C22H19N3O2/c1-2-27-19-11-14(8-10-18(19)26)20-16-9-7-13-5-3-4-6-15(13)21(16)25-22(24)17(20)12-23/h3-6,8,10-11,26H,2,7,9H2,1H3,(H2,24,25). The van der Waals surface area contributed by atoms with Crippen molar-refractivity contribution in [3.8, 4) is 40.0 Å². The number of pyridine rings is 1. The van der Waals surface area contributed by atoms with E-state index in [2.05, 4.69) is 17.1 Å². The topological polar surface area (TPSA) is 92.2 Å². The molecule has 5 heteroatoms. The number of nitrogens with two attached hydrogens (primary N) is 1. The highest BCUT2D eigenvalue weighted by atomic mass is 16.5. The van der Waals surface area contributed by atoms with Crippen LogP contribution in [-0.2, 0) is 12.8 Å². The number of nitrogen functional groups attached to an aromatic ring is 1. The number of hydrogen-bond donors (Lipinski definition) is 2. The Morgan fingerprint density at radius 1 is 1.22 bits per heavy atom. The number of fused-ring (bicyclic) bond motifs is 3. The van der Waals surface area contributed by atoms with Crippen LogP contribution in [0.5, 0.6) is 11.5 Å². The molecule has 1 aliphatic rings. The van der Waals surface area contributed by atoms with Crippen LogP contribution < -0.4 is 10.5 Å². The number of anilines is 1. The third-order valence-corrected chi connectivity index (χ3v) is 4.90. The Bertz CT molecular complexity index is 1080. The molecule has 1 aliphatic carbocycles. The van der Waals surface area contributed by atoms with Crippen molar-refractivity contribution in [1.82, 2.24) is 4.98 Å². The van der Waals surface area contributed by atoms with Gasteiger partial charge in [0.2, 0.25) is 0 Å². The summed E-state index contributed by atoms with van der Waals surface area (Å²) in [6.45, 7) is 2.29. The van der Waals surface area contributed by atoms with E-state index in [1.54, 1.807) is 18.2 Å². The molecule has 3 N–H and O–H groups in total. The number of phenols is 1. The first-order valence-corrected chi connectivity index (χ1v) is 8.91. The summed E-state index contributed by atoms with van der Waals surface area (Å²) in [6, 6.07) is 15.5. The Kier molecular flexibility index (Phi) is 4.17. The van der Waals surface area contributed by atoms with Crippen LogP contribution in [0.25, 0.3) is 22.4 Å². The fourth-order valence-electron chi connectivity index (χ4n) is 3.71. The predicted molar refractivity (Wildman–Crippen MR) is 104 cm³/mol. The largest absolute Gasteiger partial charge is 0.504 e. The van der Waals surface area contributed by atoms with Crippen molar-refractivity contribution in [1.29, 1.82) is 5.26 Å². The predicted octanol–water partition coefficient (Wildman–Crippen LogP) is 4.07. The van der Waals surface area contributed by atoms with Crippen molar-refractivity contribution in [2.45, 2.75) is 19.8 Å². The molecule has 1 aromatic heterocycles. The van der Waals surface area contributed by atoms with Crippen LogP contribution in [0.3, 0.4) is 0 Å². The first-order valence-electron chi connectivity index (χ1n) is 8.91. The zero-order chi connectivity index (χ0) is 19.0. The molecule has 3 aromatic rings. The van der Waals surface area contributed by atoms with E-state index in [0.29, 0.717) is 17.9 Å². The molecule has 0 aliphatic heterocycles. The van der Waals surface area contributed by atoms with Gasteiger partial charge in [-0.25, -0.2) is 4.98 Å². The van der Waals surface area contributed by atoms with E-state index in [9.17, 15) is 10.4 Å². The van der Waals surface area contributed by atoms with E-state index >= 15 is 0 Å². The number of ether oxygens (including phenoxy) is 1. The molecular formula is C22H19N3O2. The van der Waals surface area contributed by atoms with Crippen LogP contribution in [-0.4, -0.2) is 16.7 Å². The summed E-state index contributed by atoms with van der Waals surface area (Å²) in [5.74, 6) is 0.675. The van der Waals surface area contributed by atoms with Crippen LogP contribution in [0.15, 0.2) is 42.5 Å². The van der Waals surface area contributed by atoms with Gasteiger partial charge in [-0.15, -0.1) is 0 Å². The number of nitrogens with zero attached hydrogens (tertiary/aromatic N) is 2. The number of aromatic hydroxyl groups is 1. The highest BCUT2D eigenvalue weighted by molar-refractivity contribution is 5.86. The number of phenolic OH excluding ortho intramolecular Hbond substituents is 1. The smallest absolute Gasteiger partial charge is 0.161 e. The van der Waals surface area contributed by atoms with E-state index in [1.165, 1.54) is 5.56 Å². The zero-order valence-electron chi connectivity index (χ0n) is 15.0. The Balaban J connectivity index is 2.01. The molecule has 0 spiro atoms. The van der Waals surface area contributed by atoms with Crippen molar-refractivity contribution in [3.63, 3.8) is 0 Å². The Labute approximate surface area is 157 Å². The number of benzene rings is 2. The minimum absolute atomic E-state index is 0.0698. The lowest BCUT2D eigenvalue weighted by Crippen LogP contribution is -2.11. The third kappa shape index (κ3) is 2.76. The Morgan fingerprint density at radius 3 is 2.81 bits per heavy atom. The lowest BCUT2D eigenvalue weighted by atomic mass is 9.83. The van der Waals surface area contributed by atoms with E-state index in [4.69, 9.17) is 10.5 Å². The summed E-state index contributed by atoms with van der Waals surface area (Å²) in [7, 11) is 0. The molecule has 0 amide bonds. The molecule has 0 radical (unpaired) electrons. The van der Waals surface area contributed by atoms with Gasteiger partial charge in [-0.1, -0.05) is 30.3 Å². The summed E-state index contributed by atoms with van der Waals surface area (Å²) < 4.78 is 5.52. The van der Waals surface area contributed by atoms with Crippen molar-refractivity contribution in [3.05, 3.63) is 59.2 Å². The molecule has 0 bridgehead atoms. The Morgan fingerprint density at radius 2 is 2.04 bits per heavy atom. The summed E-state index contributed by atoms with van der Waals surface area (Å²) in [6.07, 6.45) is 1.65. The minimum atomic E-state index is 0.0698. The zero-order valence-corrected chi connectivity index (χ0v) is 15.0. The van der Waals surface area contributed by atoms with Crippen LogP contribution in [0, 0.1) is 11.3 Å². The monoisotopic (exact) mass is 357 g/mol. The highest BCUT2D eigenvalue weighted by Crippen LogP contribution is 2.42. The quantitative estimate of drug-likeness (QED) is 0.737. The summed E-state index contributed by atoms with van der Waals surface area (Å²) in [5, 5.41) is 19.8. The number of hydrogen-bond acceptors (Lipinski definition) is 5. The Hall–Kier alpha value is -3.52. The van der Waals surface area contributed by atoms with Gasteiger partial charge >= 0.3 is 0 Å². The third-order valence-electron chi connectivity index (χ3n) is 4.90. The molecule has 27 heavy (non-hydrogen) atoms. The van der Waals surface area contributed by atoms with Crippen LogP contribution in [0.1, 0.15) is 23.6 Å². The maximum Gasteiger partial charge on any atom is 0.161 e.